The molecule has 0 radical (unpaired) electrons. The average molecular weight is 493 g/mol. The van der Waals surface area contributed by atoms with Crippen LogP contribution in [0.3, 0.4) is 0 Å². The topological polar surface area (TPSA) is 108 Å². The van der Waals surface area contributed by atoms with Crippen molar-refractivity contribution >= 4 is 38.9 Å². The lowest BCUT2D eigenvalue weighted by Gasteiger charge is -2.23. The van der Waals surface area contributed by atoms with Crippen molar-refractivity contribution in [2.24, 2.45) is 5.10 Å². The Bertz CT molecular complexity index is 1320. The van der Waals surface area contributed by atoms with E-state index in [-0.39, 0.29) is 5.91 Å². The van der Waals surface area contributed by atoms with Gasteiger partial charge in [-0.2, -0.15) is 5.10 Å². The average Bonchev–Trinajstić information content (AvgIpc) is 2.86. The number of para-hydroxylation sites is 1. The van der Waals surface area contributed by atoms with E-state index in [0.29, 0.717) is 29.1 Å². The molecule has 0 bridgehead atoms. The van der Waals surface area contributed by atoms with Crippen LogP contribution in [0, 0.1) is 0 Å². The van der Waals surface area contributed by atoms with Gasteiger partial charge in [0.25, 0.3) is 11.8 Å². The number of carbonyl (C=O) groups is 2. The summed E-state index contributed by atoms with van der Waals surface area (Å²) in [5.74, 6) is -0.775. The lowest BCUT2D eigenvalue weighted by molar-refractivity contribution is -0.119. The molecule has 182 valence electrons. The molecule has 0 aliphatic heterocycles. The Hall–Kier alpha value is -3.98. The van der Waals surface area contributed by atoms with Crippen LogP contribution in [-0.4, -0.2) is 38.7 Å². The smallest absolute Gasteiger partial charge is 0.260 e. The lowest BCUT2D eigenvalue weighted by atomic mass is 10.1. The van der Waals surface area contributed by atoms with Gasteiger partial charge in [-0.15, -0.1) is 0 Å². The van der Waals surface area contributed by atoms with Crippen molar-refractivity contribution in [3.8, 4) is 0 Å². The molecule has 0 aliphatic carbocycles. The van der Waals surface area contributed by atoms with E-state index in [0.717, 1.165) is 21.7 Å². The summed E-state index contributed by atoms with van der Waals surface area (Å²) in [5.41, 5.74) is 6.17. The first-order valence-corrected chi connectivity index (χ1v) is 12.9. The standard InChI is InChI=1S/C26H28N4O4S/c1-4-20-10-8-9-13-24(20)30(35(3,33)34)18-25(31)29-28-19(2)21-14-16-23(17-15-21)27-26(32)22-11-6-5-7-12-22/h5-17H,4,18H2,1-3H3,(H,27,32)(H,29,31)/b28-19-. The maximum Gasteiger partial charge on any atom is 0.260 e. The number of anilines is 2. The number of benzene rings is 3. The number of sulfonamides is 1. The predicted molar refractivity (Wildman–Crippen MR) is 139 cm³/mol. The largest absolute Gasteiger partial charge is 0.322 e. The van der Waals surface area contributed by atoms with E-state index in [2.05, 4.69) is 15.8 Å². The Balaban J connectivity index is 1.65. The number of hydrogen-bond acceptors (Lipinski definition) is 5. The molecule has 9 heteroatoms. The molecule has 0 aliphatic rings. The van der Waals surface area contributed by atoms with Crippen molar-refractivity contribution in [1.82, 2.24) is 5.43 Å². The van der Waals surface area contributed by atoms with E-state index in [9.17, 15) is 18.0 Å². The van der Waals surface area contributed by atoms with Crippen LogP contribution >= 0.6 is 0 Å². The zero-order valence-corrected chi connectivity index (χ0v) is 20.7. The normalized spacial score (nSPS) is 11.6. The van der Waals surface area contributed by atoms with E-state index in [1.165, 1.54) is 0 Å². The molecule has 0 unspecified atom stereocenters. The summed E-state index contributed by atoms with van der Waals surface area (Å²) in [6.45, 7) is 3.25. The Kier molecular flexibility index (Phi) is 8.38. The molecule has 2 N–H and O–H groups in total. The van der Waals surface area contributed by atoms with Gasteiger partial charge in [-0.25, -0.2) is 13.8 Å². The van der Waals surface area contributed by atoms with Gasteiger partial charge >= 0.3 is 0 Å². The number of aryl methyl sites for hydroxylation is 1. The molecule has 0 saturated carbocycles. The van der Waals surface area contributed by atoms with E-state index < -0.39 is 22.5 Å². The van der Waals surface area contributed by atoms with Crippen LogP contribution in [-0.2, 0) is 21.2 Å². The van der Waals surface area contributed by atoms with Crippen LogP contribution in [0.4, 0.5) is 11.4 Å². The second-order valence-electron chi connectivity index (χ2n) is 7.88. The van der Waals surface area contributed by atoms with Crippen molar-refractivity contribution in [1.29, 1.82) is 0 Å². The Morgan fingerprint density at radius 2 is 1.51 bits per heavy atom. The van der Waals surface area contributed by atoms with E-state index in [1.807, 2.05) is 25.1 Å². The van der Waals surface area contributed by atoms with Gasteiger partial charge in [-0.1, -0.05) is 55.5 Å². The number of amides is 2. The van der Waals surface area contributed by atoms with Crippen LogP contribution < -0.4 is 15.0 Å². The minimum Gasteiger partial charge on any atom is -0.322 e. The molecule has 8 nitrogen and oxygen atoms in total. The summed E-state index contributed by atoms with van der Waals surface area (Å²) >= 11 is 0. The maximum atomic E-state index is 12.5. The predicted octanol–water partition coefficient (Wildman–Crippen LogP) is 3.81. The zero-order valence-electron chi connectivity index (χ0n) is 19.9. The summed E-state index contributed by atoms with van der Waals surface area (Å²) < 4.78 is 25.8. The molecule has 3 aromatic carbocycles. The molecular weight excluding hydrogens is 464 g/mol. The fraction of sp³-hybridized carbons (Fsp3) is 0.192. The van der Waals surface area contributed by atoms with Crippen LogP contribution in [0.25, 0.3) is 0 Å². The zero-order chi connectivity index (χ0) is 25.4. The lowest BCUT2D eigenvalue weighted by Crippen LogP contribution is -2.39. The SMILES string of the molecule is CCc1ccccc1N(CC(=O)N/N=C(/C)c1ccc(NC(=O)c2ccccc2)cc1)S(C)(=O)=O. The molecule has 0 aromatic heterocycles. The van der Waals surface area contributed by atoms with Gasteiger partial charge < -0.3 is 5.32 Å². The molecule has 2 amide bonds. The first-order chi connectivity index (χ1) is 16.7. The number of nitrogens with one attached hydrogen (secondary N) is 2. The third-order valence-corrected chi connectivity index (χ3v) is 6.40. The fourth-order valence-corrected chi connectivity index (χ4v) is 4.29. The van der Waals surface area contributed by atoms with E-state index in [4.69, 9.17) is 0 Å². The Morgan fingerprint density at radius 1 is 0.886 bits per heavy atom. The molecule has 3 aromatic rings. The molecule has 0 atom stereocenters. The number of hydrazone groups is 1. The summed E-state index contributed by atoms with van der Waals surface area (Å²) in [6, 6.07) is 23.0. The number of nitrogens with zero attached hydrogens (tertiary/aromatic N) is 2. The first-order valence-electron chi connectivity index (χ1n) is 11.0. The van der Waals surface area contributed by atoms with Crippen molar-refractivity contribution < 1.29 is 18.0 Å². The molecule has 0 saturated heterocycles. The highest BCUT2D eigenvalue weighted by Gasteiger charge is 2.22. The van der Waals surface area contributed by atoms with E-state index in [1.54, 1.807) is 67.6 Å². The fourth-order valence-electron chi connectivity index (χ4n) is 3.40. The van der Waals surface area contributed by atoms with Crippen LogP contribution in [0.5, 0.6) is 0 Å². The summed E-state index contributed by atoms with van der Waals surface area (Å²) in [4.78, 5) is 24.8. The minimum absolute atomic E-state index is 0.212. The first kappa shape index (κ1) is 25.6. The summed E-state index contributed by atoms with van der Waals surface area (Å²) in [6.07, 6.45) is 1.70. The monoisotopic (exact) mass is 492 g/mol. The maximum absolute atomic E-state index is 12.5. The summed E-state index contributed by atoms with van der Waals surface area (Å²) in [5, 5.41) is 6.94. The number of rotatable bonds is 9. The Morgan fingerprint density at radius 3 is 2.14 bits per heavy atom. The van der Waals surface area contributed by atoms with Gasteiger partial charge in [0, 0.05) is 11.3 Å². The molecule has 0 heterocycles. The minimum atomic E-state index is -3.68. The van der Waals surface area contributed by atoms with Crippen LogP contribution in [0.2, 0.25) is 0 Å². The second kappa shape index (κ2) is 11.4. The van der Waals surface area contributed by atoms with Crippen molar-refractivity contribution in [2.45, 2.75) is 20.3 Å². The molecule has 0 spiro atoms. The van der Waals surface area contributed by atoms with Crippen LogP contribution in [0.1, 0.15) is 35.3 Å². The second-order valence-corrected chi connectivity index (χ2v) is 9.79. The highest BCUT2D eigenvalue weighted by molar-refractivity contribution is 7.92. The van der Waals surface area contributed by atoms with Gasteiger partial charge in [-0.3, -0.25) is 13.9 Å². The van der Waals surface area contributed by atoms with E-state index >= 15 is 0 Å². The van der Waals surface area contributed by atoms with Crippen molar-refractivity contribution in [3.63, 3.8) is 0 Å². The number of hydrogen-bond donors (Lipinski definition) is 2. The van der Waals surface area contributed by atoms with Crippen molar-refractivity contribution in [2.75, 3.05) is 22.4 Å². The van der Waals surface area contributed by atoms with Gasteiger partial charge in [-0.05, 0) is 54.8 Å². The third-order valence-electron chi connectivity index (χ3n) is 5.27. The molecule has 35 heavy (non-hydrogen) atoms. The molecule has 0 fully saturated rings. The number of carbonyl (C=O) groups excluding carboxylic acids is 2. The molecular formula is C26H28N4O4S. The van der Waals surface area contributed by atoms with Crippen LogP contribution in [0.15, 0.2) is 84.0 Å². The summed E-state index contributed by atoms with van der Waals surface area (Å²) in [7, 11) is -3.68. The molecule has 3 rings (SSSR count). The van der Waals surface area contributed by atoms with Crippen molar-refractivity contribution in [3.05, 3.63) is 95.6 Å². The highest BCUT2D eigenvalue weighted by Crippen LogP contribution is 2.23. The Labute approximate surface area is 205 Å². The van der Waals surface area contributed by atoms with Gasteiger partial charge in [0.05, 0.1) is 17.7 Å². The third kappa shape index (κ3) is 7.00. The van der Waals surface area contributed by atoms with Gasteiger partial charge in [0.2, 0.25) is 10.0 Å². The highest BCUT2D eigenvalue weighted by atomic mass is 32.2. The van der Waals surface area contributed by atoms with Gasteiger partial charge in [0.1, 0.15) is 6.54 Å². The van der Waals surface area contributed by atoms with Gasteiger partial charge in [0.15, 0.2) is 0 Å². The quantitative estimate of drug-likeness (QED) is 0.350.